The fourth-order valence-corrected chi connectivity index (χ4v) is 2.04. The molecule has 0 unspecified atom stereocenters. The molecule has 0 aliphatic rings. The fourth-order valence-electron chi connectivity index (χ4n) is 2.04. The van der Waals surface area contributed by atoms with Crippen LogP contribution in [0.15, 0.2) is 6.07 Å². The van der Waals surface area contributed by atoms with Gasteiger partial charge in [-0.1, -0.05) is 0 Å². The van der Waals surface area contributed by atoms with Gasteiger partial charge >= 0.3 is 0 Å². The first-order valence-electron chi connectivity index (χ1n) is 6.44. The van der Waals surface area contributed by atoms with Crippen LogP contribution in [-0.2, 0) is 0 Å². The van der Waals surface area contributed by atoms with Crippen LogP contribution in [-0.4, -0.2) is 45.1 Å². The van der Waals surface area contributed by atoms with E-state index in [1.165, 1.54) is 0 Å². The molecular formula is C13H24N4O. The summed E-state index contributed by atoms with van der Waals surface area (Å²) in [6.45, 7) is 12.3. The summed E-state index contributed by atoms with van der Waals surface area (Å²) >= 11 is 0. The van der Waals surface area contributed by atoms with Crippen LogP contribution in [0.5, 0.6) is 5.88 Å². The van der Waals surface area contributed by atoms with Crippen molar-refractivity contribution in [3.63, 3.8) is 0 Å². The van der Waals surface area contributed by atoms with E-state index in [0.29, 0.717) is 18.0 Å². The molecule has 0 amide bonds. The van der Waals surface area contributed by atoms with E-state index in [9.17, 15) is 5.11 Å². The van der Waals surface area contributed by atoms with Gasteiger partial charge in [-0.25, -0.2) is 4.98 Å². The third-order valence-electron chi connectivity index (χ3n) is 2.82. The molecule has 5 heteroatoms. The van der Waals surface area contributed by atoms with Gasteiger partial charge < -0.3 is 10.4 Å². The van der Waals surface area contributed by atoms with Gasteiger partial charge in [0.05, 0.1) is 0 Å². The van der Waals surface area contributed by atoms with E-state index in [-0.39, 0.29) is 5.88 Å². The summed E-state index contributed by atoms with van der Waals surface area (Å²) in [6, 6.07) is 2.57. The zero-order valence-corrected chi connectivity index (χ0v) is 11.9. The zero-order chi connectivity index (χ0) is 13.7. The maximum absolute atomic E-state index is 9.38. The molecule has 0 saturated heterocycles. The Kier molecular flexibility index (Phi) is 5.34. The highest BCUT2D eigenvalue weighted by Gasteiger charge is 2.12. The predicted molar refractivity (Wildman–Crippen MR) is 73.9 cm³/mol. The Bertz CT molecular complexity index is 351. The van der Waals surface area contributed by atoms with Crippen LogP contribution in [0, 0.1) is 6.92 Å². The lowest BCUT2D eigenvalue weighted by molar-refractivity contribution is 0.182. The molecule has 0 aromatic carbocycles. The van der Waals surface area contributed by atoms with Crippen LogP contribution in [0.1, 0.15) is 33.4 Å². The monoisotopic (exact) mass is 252 g/mol. The highest BCUT2D eigenvalue weighted by molar-refractivity contribution is 5.29. The highest BCUT2D eigenvalue weighted by Crippen LogP contribution is 2.10. The predicted octanol–water partition coefficient (Wildman–Crippen LogP) is 2.02. The molecular weight excluding hydrogens is 228 g/mol. The van der Waals surface area contributed by atoms with Gasteiger partial charge in [0.15, 0.2) is 0 Å². The number of aromatic hydroxyl groups is 1. The molecule has 0 aliphatic carbocycles. The summed E-state index contributed by atoms with van der Waals surface area (Å²) < 4.78 is 0. The zero-order valence-electron chi connectivity index (χ0n) is 11.9. The summed E-state index contributed by atoms with van der Waals surface area (Å²) in [5.41, 5.74) is 0.759. The normalized spacial score (nSPS) is 11.6. The topological polar surface area (TPSA) is 61.3 Å². The molecule has 0 aliphatic heterocycles. The smallest absolute Gasteiger partial charge is 0.226 e. The summed E-state index contributed by atoms with van der Waals surface area (Å²) in [5.74, 6) is 0.495. The lowest BCUT2D eigenvalue weighted by Crippen LogP contribution is -2.40. The quantitative estimate of drug-likeness (QED) is 0.811. The van der Waals surface area contributed by atoms with Crippen molar-refractivity contribution in [1.29, 1.82) is 0 Å². The Hall–Kier alpha value is -1.36. The van der Waals surface area contributed by atoms with Crippen LogP contribution < -0.4 is 5.32 Å². The minimum Gasteiger partial charge on any atom is -0.493 e. The Balaban J connectivity index is 2.50. The second-order valence-electron chi connectivity index (χ2n) is 5.04. The van der Waals surface area contributed by atoms with Crippen LogP contribution in [0.3, 0.4) is 0 Å². The first-order chi connectivity index (χ1) is 8.40. The Morgan fingerprint density at radius 3 is 2.33 bits per heavy atom. The molecule has 1 rings (SSSR count). The van der Waals surface area contributed by atoms with Crippen molar-refractivity contribution < 1.29 is 5.11 Å². The van der Waals surface area contributed by atoms with Crippen molar-refractivity contribution in [2.24, 2.45) is 0 Å². The maximum atomic E-state index is 9.38. The van der Waals surface area contributed by atoms with Crippen LogP contribution in [0.2, 0.25) is 0 Å². The second-order valence-corrected chi connectivity index (χ2v) is 5.04. The number of nitrogens with one attached hydrogen (secondary N) is 1. The van der Waals surface area contributed by atoms with E-state index in [2.05, 4.69) is 47.9 Å². The van der Waals surface area contributed by atoms with Crippen molar-refractivity contribution in [1.82, 2.24) is 14.9 Å². The average molecular weight is 252 g/mol. The number of aryl methyl sites for hydroxylation is 1. The fraction of sp³-hybridized carbons (Fsp3) is 0.692. The molecule has 1 aromatic rings. The molecule has 0 fully saturated rings. The largest absolute Gasteiger partial charge is 0.493 e. The third kappa shape index (κ3) is 4.49. The molecule has 0 bridgehead atoms. The van der Waals surface area contributed by atoms with Gasteiger partial charge in [0.2, 0.25) is 11.8 Å². The molecule has 18 heavy (non-hydrogen) atoms. The van der Waals surface area contributed by atoms with E-state index in [4.69, 9.17) is 0 Å². The van der Waals surface area contributed by atoms with Gasteiger partial charge in [-0.2, -0.15) is 4.98 Å². The van der Waals surface area contributed by atoms with Crippen LogP contribution in [0.25, 0.3) is 0 Å². The van der Waals surface area contributed by atoms with Gasteiger partial charge in [0, 0.05) is 36.9 Å². The first kappa shape index (κ1) is 14.7. The summed E-state index contributed by atoms with van der Waals surface area (Å²) in [5, 5.41) is 12.5. The van der Waals surface area contributed by atoms with E-state index in [1.807, 2.05) is 6.92 Å². The minimum atomic E-state index is 0.00887. The van der Waals surface area contributed by atoms with Gasteiger partial charge in [-0.05, 0) is 34.6 Å². The molecule has 102 valence electrons. The lowest BCUT2D eigenvalue weighted by Gasteiger charge is -2.30. The average Bonchev–Trinajstić information content (AvgIpc) is 2.21. The molecule has 0 saturated carbocycles. The van der Waals surface area contributed by atoms with Crippen molar-refractivity contribution in [3.05, 3.63) is 11.8 Å². The molecule has 0 spiro atoms. The first-order valence-corrected chi connectivity index (χ1v) is 6.44. The van der Waals surface area contributed by atoms with Gasteiger partial charge in [-0.15, -0.1) is 0 Å². The number of aromatic nitrogens is 2. The third-order valence-corrected chi connectivity index (χ3v) is 2.82. The van der Waals surface area contributed by atoms with Gasteiger partial charge in [0.25, 0.3) is 0 Å². The lowest BCUT2D eigenvalue weighted by atomic mass is 10.2. The number of hydrogen-bond acceptors (Lipinski definition) is 5. The molecule has 1 heterocycles. The van der Waals surface area contributed by atoms with Crippen LogP contribution in [0.4, 0.5) is 5.95 Å². The molecule has 0 atom stereocenters. The Morgan fingerprint density at radius 2 is 1.83 bits per heavy atom. The van der Waals surface area contributed by atoms with Crippen molar-refractivity contribution in [2.75, 3.05) is 18.4 Å². The molecule has 2 N–H and O–H groups in total. The minimum absolute atomic E-state index is 0.00887. The maximum Gasteiger partial charge on any atom is 0.226 e. The summed E-state index contributed by atoms with van der Waals surface area (Å²) in [6.07, 6.45) is 0. The summed E-state index contributed by atoms with van der Waals surface area (Å²) in [4.78, 5) is 10.5. The van der Waals surface area contributed by atoms with Crippen molar-refractivity contribution >= 4 is 5.95 Å². The number of anilines is 1. The van der Waals surface area contributed by atoms with Gasteiger partial charge in [-0.3, -0.25) is 4.90 Å². The van der Waals surface area contributed by atoms with E-state index in [1.54, 1.807) is 6.07 Å². The SMILES string of the molecule is Cc1cc(O)nc(NCCN(C(C)C)C(C)C)n1. The van der Waals surface area contributed by atoms with E-state index >= 15 is 0 Å². The van der Waals surface area contributed by atoms with E-state index in [0.717, 1.165) is 18.8 Å². The molecule has 0 radical (unpaired) electrons. The van der Waals surface area contributed by atoms with Crippen molar-refractivity contribution in [2.45, 2.75) is 46.7 Å². The molecule has 5 nitrogen and oxygen atoms in total. The second kappa shape index (κ2) is 6.54. The van der Waals surface area contributed by atoms with Crippen molar-refractivity contribution in [3.8, 4) is 5.88 Å². The molecule has 1 aromatic heterocycles. The Labute approximate surface area is 109 Å². The number of rotatable bonds is 6. The standard InChI is InChI=1S/C13H24N4O/c1-9(2)17(10(3)4)7-6-14-13-15-11(5)8-12(18)16-13/h8-10H,6-7H2,1-5H3,(H2,14,15,16,18). The van der Waals surface area contributed by atoms with Crippen LogP contribution >= 0.6 is 0 Å². The summed E-state index contributed by atoms with van der Waals surface area (Å²) in [7, 11) is 0. The van der Waals surface area contributed by atoms with Gasteiger partial charge in [0.1, 0.15) is 0 Å². The Morgan fingerprint density at radius 1 is 1.22 bits per heavy atom. The number of hydrogen-bond donors (Lipinski definition) is 2. The number of nitrogens with zero attached hydrogens (tertiary/aromatic N) is 3. The highest BCUT2D eigenvalue weighted by atomic mass is 16.3. The van der Waals surface area contributed by atoms with E-state index < -0.39 is 0 Å².